The van der Waals surface area contributed by atoms with E-state index in [9.17, 15) is 8.42 Å². The van der Waals surface area contributed by atoms with Crippen LogP contribution in [0.3, 0.4) is 0 Å². The van der Waals surface area contributed by atoms with Gasteiger partial charge in [0.05, 0.1) is 5.02 Å². The summed E-state index contributed by atoms with van der Waals surface area (Å²) in [6.07, 6.45) is 0. The van der Waals surface area contributed by atoms with Crippen molar-refractivity contribution in [2.75, 3.05) is 13.6 Å². The molecule has 0 spiro atoms. The summed E-state index contributed by atoms with van der Waals surface area (Å²) in [6.45, 7) is 5.74. The summed E-state index contributed by atoms with van der Waals surface area (Å²) in [5.41, 5.74) is 6.68. The van der Waals surface area contributed by atoms with Gasteiger partial charge in [0.2, 0.25) is 10.0 Å². The third kappa shape index (κ3) is 3.49. The molecular weight excluding hydrogens is 307 g/mol. The Bertz CT molecular complexity index is 600. The fraction of sp³-hybridized carbons (Fsp3) is 0.333. The Morgan fingerprint density at radius 3 is 2.47 bits per heavy atom. The van der Waals surface area contributed by atoms with Crippen LogP contribution in [-0.4, -0.2) is 26.3 Å². The molecular formula is C12H16Cl2N2O2S. The Hall–Kier alpha value is -0.590. The Balaban J connectivity index is 3.34. The molecule has 4 nitrogen and oxygen atoms in total. The van der Waals surface area contributed by atoms with E-state index in [2.05, 4.69) is 6.58 Å². The van der Waals surface area contributed by atoms with E-state index in [1.54, 1.807) is 6.92 Å². The number of benzene rings is 1. The Morgan fingerprint density at radius 1 is 1.42 bits per heavy atom. The molecule has 0 atom stereocenters. The molecule has 1 aromatic carbocycles. The smallest absolute Gasteiger partial charge is 0.244 e. The van der Waals surface area contributed by atoms with Crippen LogP contribution in [0.5, 0.6) is 0 Å². The summed E-state index contributed by atoms with van der Waals surface area (Å²) in [7, 11) is -2.22. The molecule has 0 aliphatic rings. The van der Waals surface area contributed by atoms with Gasteiger partial charge in [-0.05, 0) is 19.1 Å². The lowest BCUT2D eigenvalue weighted by Crippen LogP contribution is -2.28. The van der Waals surface area contributed by atoms with Crippen LogP contribution < -0.4 is 5.73 Å². The molecule has 0 fully saturated rings. The number of rotatable bonds is 5. The van der Waals surface area contributed by atoms with Crippen LogP contribution in [-0.2, 0) is 16.6 Å². The Morgan fingerprint density at radius 2 is 2.00 bits per heavy atom. The minimum atomic E-state index is -3.69. The van der Waals surface area contributed by atoms with E-state index >= 15 is 0 Å². The van der Waals surface area contributed by atoms with Gasteiger partial charge in [0.15, 0.2) is 0 Å². The first-order valence-electron chi connectivity index (χ1n) is 5.49. The van der Waals surface area contributed by atoms with Crippen molar-refractivity contribution in [2.45, 2.75) is 18.4 Å². The SMILES string of the molecule is C=C(C)CN(C)S(=O)(=O)c1ccc(Cl)c(CN)c1Cl. The highest BCUT2D eigenvalue weighted by molar-refractivity contribution is 7.89. The van der Waals surface area contributed by atoms with Crippen LogP contribution in [0.1, 0.15) is 12.5 Å². The lowest BCUT2D eigenvalue weighted by Gasteiger charge is -2.19. The van der Waals surface area contributed by atoms with E-state index in [1.165, 1.54) is 23.5 Å². The molecule has 0 amide bonds. The number of nitrogens with zero attached hydrogens (tertiary/aromatic N) is 1. The van der Waals surface area contributed by atoms with Crippen LogP contribution in [0, 0.1) is 0 Å². The fourth-order valence-corrected chi connectivity index (χ4v) is 3.73. The van der Waals surface area contributed by atoms with Crippen LogP contribution in [0.4, 0.5) is 0 Å². The zero-order valence-corrected chi connectivity index (χ0v) is 13.1. The van der Waals surface area contributed by atoms with Crippen LogP contribution in [0.25, 0.3) is 0 Å². The highest BCUT2D eigenvalue weighted by Gasteiger charge is 2.25. The van der Waals surface area contributed by atoms with E-state index in [4.69, 9.17) is 28.9 Å². The number of sulfonamides is 1. The monoisotopic (exact) mass is 322 g/mol. The average molecular weight is 323 g/mol. The van der Waals surface area contributed by atoms with Gasteiger partial charge in [0, 0.05) is 30.7 Å². The first-order valence-corrected chi connectivity index (χ1v) is 7.69. The average Bonchev–Trinajstić information content (AvgIpc) is 2.28. The molecule has 0 saturated heterocycles. The molecule has 0 radical (unpaired) electrons. The van der Waals surface area contributed by atoms with Crippen molar-refractivity contribution in [3.05, 3.63) is 39.9 Å². The zero-order valence-electron chi connectivity index (χ0n) is 10.8. The van der Waals surface area contributed by atoms with Crippen molar-refractivity contribution in [1.82, 2.24) is 4.31 Å². The lowest BCUT2D eigenvalue weighted by atomic mass is 10.2. The van der Waals surface area contributed by atoms with Gasteiger partial charge < -0.3 is 5.73 Å². The molecule has 0 unspecified atom stereocenters. The largest absolute Gasteiger partial charge is 0.326 e. The number of halogens is 2. The summed E-state index contributed by atoms with van der Waals surface area (Å²) in [5, 5.41) is 0.428. The fourth-order valence-electron chi connectivity index (χ4n) is 1.60. The second-order valence-corrected chi connectivity index (χ2v) is 7.06. The lowest BCUT2D eigenvalue weighted by molar-refractivity contribution is 0.493. The molecule has 0 aliphatic heterocycles. The van der Waals surface area contributed by atoms with Crippen molar-refractivity contribution >= 4 is 33.2 Å². The zero-order chi connectivity index (χ0) is 14.8. The van der Waals surface area contributed by atoms with Crippen molar-refractivity contribution < 1.29 is 8.42 Å². The molecule has 7 heteroatoms. The van der Waals surface area contributed by atoms with Crippen molar-refractivity contribution in [3.63, 3.8) is 0 Å². The highest BCUT2D eigenvalue weighted by atomic mass is 35.5. The predicted molar refractivity (Wildman–Crippen MR) is 79.0 cm³/mol. The number of hydrogen-bond donors (Lipinski definition) is 1. The van der Waals surface area contributed by atoms with E-state index in [1.807, 2.05) is 0 Å². The number of nitrogens with two attached hydrogens (primary N) is 1. The summed E-state index contributed by atoms with van der Waals surface area (Å²) in [5.74, 6) is 0. The molecule has 1 rings (SSSR count). The Kier molecular flexibility index (Phi) is 5.41. The molecule has 0 bridgehead atoms. The maximum atomic E-state index is 12.4. The van der Waals surface area contributed by atoms with Gasteiger partial charge >= 0.3 is 0 Å². The van der Waals surface area contributed by atoms with Crippen LogP contribution in [0.15, 0.2) is 29.2 Å². The summed E-state index contributed by atoms with van der Waals surface area (Å²) >= 11 is 12.0. The molecule has 0 saturated carbocycles. The van der Waals surface area contributed by atoms with Gasteiger partial charge in [0.25, 0.3) is 0 Å². The van der Waals surface area contributed by atoms with E-state index in [0.717, 1.165) is 5.57 Å². The molecule has 19 heavy (non-hydrogen) atoms. The topological polar surface area (TPSA) is 63.4 Å². The summed E-state index contributed by atoms with van der Waals surface area (Å²) in [6, 6.07) is 2.87. The first kappa shape index (κ1) is 16.5. The maximum absolute atomic E-state index is 12.4. The molecule has 1 aromatic rings. The molecule has 106 valence electrons. The predicted octanol–water partition coefficient (Wildman–Crippen LogP) is 2.65. The van der Waals surface area contributed by atoms with Gasteiger partial charge in [0.1, 0.15) is 4.90 Å². The molecule has 0 heterocycles. The van der Waals surface area contributed by atoms with E-state index in [0.29, 0.717) is 10.6 Å². The van der Waals surface area contributed by atoms with Gasteiger partial charge in [-0.2, -0.15) is 4.31 Å². The normalized spacial score (nSPS) is 11.9. The van der Waals surface area contributed by atoms with Crippen molar-refractivity contribution in [1.29, 1.82) is 0 Å². The second kappa shape index (κ2) is 6.24. The van der Waals surface area contributed by atoms with E-state index in [-0.39, 0.29) is 23.0 Å². The van der Waals surface area contributed by atoms with E-state index < -0.39 is 10.0 Å². The van der Waals surface area contributed by atoms with Gasteiger partial charge in [-0.3, -0.25) is 0 Å². The van der Waals surface area contributed by atoms with Gasteiger partial charge in [-0.15, -0.1) is 0 Å². The standard InChI is InChI=1S/C12H16Cl2N2O2S/c1-8(2)7-16(3)19(17,18)11-5-4-10(13)9(6-15)12(11)14/h4-5H,1,6-7,15H2,2-3H3. The quantitative estimate of drug-likeness (QED) is 0.847. The Labute approximate surface area is 123 Å². The maximum Gasteiger partial charge on any atom is 0.244 e. The second-order valence-electron chi connectivity index (χ2n) is 4.26. The van der Waals surface area contributed by atoms with Crippen LogP contribution >= 0.6 is 23.2 Å². The highest BCUT2D eigenvalue weighted by Crippen LogP contribution is 2.32. The third-order valence-corrected chi connectivity index (χ3v) is 5.28. The first-order chi connectivity index (χ1) is 8.71. The summed E-state index contributed by atoms with van der Waals surface area (Å²) < 4.78 is 26.0. The van der Waals surface area contributed by atoms with Crippen molar-refractivity contribution in [3.8, 4) is 0 Å². The van der Waals surface area contributed by atoms with Gasteiger partial charge in [-0.1, -0.05) is 35.4 Å². The molecule has 2 N–H and O–H groups in total. The van der Waals surface area contributed by atoms with Crippen LogP contribution in [0.2, 0.25) is 10.0 Å². The third-order valence-electron chi connectivity index (χ3n) is 2.54. The summed E-state index contributed by atoms with van der Waals surface area (Å²) in [4.78, 5) is 0.00256. The molecule has 0 aromatic heterocycles. The van der Waals surface area contributed by atoms with Gasteiger partial charge in [-0.25, -0.2) is 8.42 Å². The minimum absolute atomic E-state index is 0.00256. The number of hydrogen-bond acceptors (Lipinski definition) is 3. The minimum Gasteiger partial charge on any atom is -0.326 e. The van der Waals surface area contributed by atoms with Crippen molar-refractivity contribution in [2.24, 2.45) is 5.73 Å². The molecule has 0 aliphatic carbocycles. The number of likely N-dealkylation sites (N-methyl/N-ethyl adjacent to an activating group) is 1.